The number of halogens is 1. The first-order valence-corrected chi connectivity index (χ1v) is 8.64. The van der Waals surface area contributed by atoms with Gasteiger partial charge in [0.1, 0.15) is 11.5 Å². The molecular weight excluding hydrogens is 384 g/mol. The third-order valence-corrected chi connectivity index (χ3v) is 4.16. The van der Waals surface area contributed by atoms with Crippen molar-refractivity contribution in [2.75, 3.05) is 26.1 Å². The second kappa shape index (κ2) is 8.58. The molecule has 7 nitrogen and oxygen atoms in total. The number of carbonyl (C=O) groups excluding carboxylic acids is 2. The highest BCUT2D eigenvalue weighted by molar-refractivity contribution is 6.32. The summed E-state index contributed by atoms with van der Waals surface area (Å²) in [5.74, 6) is -0.113. The number of nitrogens with one attached hydrogen (secondary N) is 1. The number of hydrogen-bond acceptors (Lipinski definition) is 6. The average Bonchev–Trinajstić information content (AvgIpc) is 2.71. The lowest BCUT2D eigenvalue weighted by Gasteiger charge is -2.11. The summed E-state index contributed by atoms with van der Waals surface area (Å²) in [5, 5.41) is 3.74. The number of methoxy groups -OCH3 is 2. The van der Waals surface area contributed by atoms with E-state index >= 15 is 0 Å². The summed E-state index contributed by atoms with van der Waals surface area (Å²) in [6.07, 6.45) is 0. The molecule has 1 amide bonds. The topological polar surface area (TPSA) is 86.8 Å². The Balaban J connectivity index is 1.76. The van der Waals surface area contributed by atoms with Gasteiger partial charge in [0.15, 0.2) is 12.3 Å². The van der Waals surface area contributed by atoms with Crippen LogP contribution in [0.3, 0.4) is 0 Å². The van der Waals surface area contributed by atoms with Gasteiger partial charge in [0.05, 0.1) is 24.8 Å². The lowest BCUT2D eigenvalue weighted by molar-refractivity contribution is -0.118. The number of para-hydroxylation sites is 1. The van der Waals surface area contributed by atoms with Crippen molar-refractivity contribution in [3.8, 4) is 11.5 Å². The summed E-state index contributed by atoms with van der Waals surface area (Å²) in [6.45, 7) is -0.266. The van der Waals surface area contributed by atoms with Gasteiger partial charge in [-0.3, -0.25) is 4.79 Å². The molecule has 0 radical (unpaired) electrons. The molecule has 144 valence electrons. The van der Waals surface area contributed by atoms with E-state index < -0.39 is 5.97 Å². The van der Waals surface area contributed by atoms with E-state index in [2.05, 4.69) is 10.3 Å². The molecule has 1 N–H and O–H groups in total. The van der Waals surface area contributed by atoms with E-state index in [0.29, 0.717) is 33.1 Å². The van der Waals surface area contributed by atoms with E-state index in [-0.39, 0.29) is 18.2 Å². The summed E-state index contributed by atoms with van der Waals surface area (Å²) < 4.78 is 15.4. The van der Waals surface area contributed by atoms with Gasteiger partial charge in [0, 0.05) is 17.1 Å². The number of rotatable bonds is 6. The van der Waals surface area contributed by atoms with Gasteiger partial charge < -0.3 is 19.5 Å². The molecule has 0 aliphatic rings. The molecule has 3 aromatic rings. The summed E-state index contributed by atoms with van der Waals surface area (Å²) in [6, 6.07) is 13.5. The molecule has 2 aromatic carbocycles. The molecule has 8 heteroatoms. The number of anilines is 1. The standard InChI is InChI=1S/C20H17ClN2O5/c1-26-17-8-7-12(9-14(17)21)22-19(24)11-28-18-10-16(20(25)27-2)23-15-6-4-3-5-13(15)18/h3-10H,11H2,1-2H3,(H,22,24). The Bertz CT molecular complexity index is 1040. The Hall–Kier alpha value is -3.32. The largest absolute Gasteiger partial charge is 0.495 e. The predicted molar refractivity (Wildman–Crippen MR) is 105 cm³/mol. The molecule has 0 spiro atoms. The SMILES string of the molecule is COC(=O)c1cc(OCC(=O)Nc2ccc(OC)c(Cl)c2)c2ccccc2n1. The van der Waals surface area contributed by atoms with E-state index in [4.69, 9.17) is 25.8 Å². The van der Waals surface area contributed by atoms with Crippen LogP contribution in [0, 0.1) is 0 Å². The minimum Gasteiger partial charge on any atom is -0.495 e. The van der Waals surface area contributed by atoms with Gasteiger partial charge in [0.25, 0.3) is 5.91 Å². The van der Waals surface area contributed by atoms with Crippen molar-refractivity contribution < 1.29 is 23.8 Å². The van der Waals surface area contributed by atoms with Gasteiger partial charge in [-0.15, -0.1) is 0 Å². The molecule has 0 saturated carbocycles. The molecule has 0 saturated heterocycles. The van der Waals surface area contributed by atoms with Crippen molar-refractivity contribution in [3.63, 3.8) is 0 Å². The van der Waals surface area contributed by atoms with Crippen LogP contribution in [0.4, 0.5) is 5.69 Å². The van der Waals surface area contributed by atoms with Crippen LogP contribution in [0.5, 0.6) is 11.5 Å². The van der Waals surface area contributed by atoms with Gasteiger partial charge in [-0.1, -0.05) is 23.7 Å². The van der Waals surface area contributed by atoms with E-state index in [1.165, 1.54) is 20.3 Å². The van der Waals surface area contributed by atoms with Gasteiger partial charge in [0.2, 0.25) is 0 Å². The maximum absolute atomic E-state index is 12.2. The molecule has 0 fully saturated rings. The second-order valence-electron chi connectivity index (χ2n) is 5.70. The highest BCUT2D eigenvalue weighted by Gasteiger charge is 2.14. The maximum atomic E-state index is 12.2. The number of nitrogens with zero attached hydrogens (tertiary/aromatic N) is 1. The van der Waals surface area contributed by atoms with Crippen molar-refractivity contribution in [2.45, 2.75) is 0 Å². The zero-order valence-corrected chi connectivity index (χ0v) is 15.9. The van der Waals surface area contributed by atoms with Crippen molar-refractivity contribution in [1.82, 2.24) is 4.98 Å². The lowest BCUT2D eigenvalue weighted by atomic mass is 10.2. The average molecular weight is 401 g/mol. The third kappa shape index (κ3) is 4.32. The van der Waals surface area contributed by atoms with Crippen LogP contribution < -0.4 is 14.8 Å². The van der Waals surface area contributed by atoms with Crippen LogP contribution in [0.2, 0.25) is 5.02 Å². The van der Waals surface area contributed by atoms with Crippen LogP contribution in [-0.2, 0) is 9.53 Å². The van der Waals surface area contributed by atoms with Crippen LogP contribution in [-0.4, -0.2) is 37.7 Å². The minimum absolute atomic E-state index is 0.0959. The fourth-order valence-corrected chi connectivity index (χ4v) is 2.81. The Morgan fingerprint density at radius 1 is 1.07 bits per heavy atom. The van der Waals surface area contributed by atoms with Crippen LogP contribution >= 0.6 is 11.6 Å². The number of esters is 1. The van der Waals surface area contributed by atoms with Crippen LogP contribution in [0.25, 0.3) is 10.9 Å². The molecule has 0 bridgehead atoms. The lowest BCUT2D eigenvalue weighted by Crippen LogP contribution is -2.20. The number of benzene rings is 2. The first-order valence-electron chi connectivity index (χ1n) is 8.26. The summed E-state index contributed by atoms with van der Waals surface area (Å²) in [7, 11) is 2.78. The van der Waals surface area contributed by atoms with Gasteiger partial charge >= 0.3 is 5.97 Å². The highest BCUT2D eigenvalue weighted by atomic mass is 35.5. The van der Waals surface area contributed by atoms with Gasteiger partial charge in [-0.05, 0) is 30.3 Å². The summed E-state index contributed by atoms with van der Waals surface area (Å²) >= 11 is 6.05. The van der Waals surface area contributed by atoms with Crippen LogP contribution in [0.1, 0.15) is 10.5 Å². The fraction of sp³-hybridized carbons (Fsp3) is 0.150. The van der Waals surface area contributed by atoms with Crippen LogP contribution in [0.15, 0.2) is 48.5 Å². The number of aromatic nitrogens is 1. The van der Waals surface area contributed by atoms with Crippen molar-refractivity contribution in [3.05, 3.63) is 59.2 Å². The summed E-state index contributed by atoms with van der Waals surface area (Å²) in [4.78, 5) is 28.3. The predicted octanol–water partition coefficient (Wildman–Crippen LogP) is 3.70. The molecule has 28 heavy (non-hydrogen) atoms. The Morgan fingerprint density at radius 3 is 2.57 bits per heavy atom. The van der Waals surface area contributed by atoms with Gasteiger partial charge in [-0.25, -0.2) is 9.78 Å². The smallest absolute Gasteiger partial charge is 0.356 e. The van der Waals surface area contributed by atoms with E-state index in [1.807, 2.05) is 6.07 Å². The Morgan fingerprint density at radius 2 is 1.86 bits per heavy atom. The molecule has 0 unspecified atom stereocenters. The normalized spacial score (nSPS) is 10.4. The third-order valence-electron chi connectivity index (χ3n) is 3.87. The summed E-state index contributed by atoms with van der Waals surface area (Å²) in [5.41, 5.74) is 1.16. The number of ether oxygens (including phenoxy) is 3. The molecule has 1 heterocycles. The molecule has 0 aliphatic carbocycles. The molecule has 3 rings (SSSR count). The van der Waals surface area contributed by atoms with Crippen molar-refractivity contribution >= 4 is 40.1 Å². The van der Waals surface area contributed by atoms with Crippen molar-refractivity contribution in [1.29, 1.82) is 0 Å². The van der Waals surface area contributed by atoms with Crippen molar-refractivity contribution in [2.24, 2.45) is 0 Å². The first-order chi connectivity index (χ1) is 13.5. The number of hydrogen-bond donors (Lipinski definition) is 1. The number of carbonyl (C=O) groups is 2. The van der Waals surface area contributed by atoms with E-state index in [9.17, 15) is 9.59 Å². The molecule has 0 aliphatic heterocycles. The quantitative estimate of drug-likeness (QED) is 0.635. The zero-order valence-electron chi connectivity index (χ0n) is 15.2. The van der Waals surface area contributed by atoms with E-state index in [0.717, 1.165) is 0 Å². The number of amides is 1. The van der Waals surface area contributed by atoms with Gasteiger partial charge in [-0.2, -0.15) is 0 Å². The molecule has 0 atom stereocenters. The Kier molecular flexibility index (Phi) is 5.96. The highest BCUT2D eigenvalue weighted by Crippen LogP contribution is 2.28. The first kappa shape index (κ1) is 19.4. The second-order valence-corrected chi connectivity index (χ2v) is 6.11. The molecular formula is C20H17ClN2O5. The monoisotopic (exact) mass is 400 g/mol. The number of fused-ring (bicyclic) bond motifs is 1. The maximum Gasteiger partial charge on any atom is 0.356 e. The molecule has 1 aromatic heterocycles. The Labute approximate surface area is 166 Å². The number of pyridine rings is 1. The fourth-order valence-electron chi connectivity index (χ4n) is 2.56. The van der Waals surface area contributed by atoms with E-state index in [1.54, 1.807) is 36.4 Å². The zero-order chi connectivity index (χ0) is 20.1. The minimum atomic E-state index is -0.590.